The molecule has 82 valence electrons. The van der Waals surface area contributed by atoms with Crippen molar-refractivity contribution in [1.82, 2.24) is 0 Å². The molecule has 2 heteroatoms. The summed E-state index contributed by atoms with van der Waals surface area (Å²) in [5.74, 6) is 0.430. The highest BCUT2D eigenvalue weighted by molar-refractivity contribution is 5.78. The Bertz CT molecular complexity index is 160. The van der Waals surface area contributed by atoms with Crippen molar-refractivity contribution >= 4 is 5.78 Å². The lowest BCUT2D eigenvalue weighted by atomic mass is 10.0. The molecule has 1 heterocycles. The molecule has 2 nitrogen and oxygen atoms in total. The summed E-state index contributed by atoms with van der Waals surface area (Å²) in [5.41, 5.74) is 0. The molecule has 0 aliphatic carbocycles. The van der Waals surface area contributed by atoms with Crippen LogP contribution in [-0.4, -0.2) is 18.5 Å². The van der Waals surface area contributed by atoms with Gasteiger partial charge in [-0.3, -0.25) is 4.79 Å². The zero-order valence-electron chi connectivity index (χ0n) is 9.26. The molecule has 0 aromatic carbocycles. The van der Waals surface area contributed by atoms with Gasteiger partial charge in [0.05, 0.1) is 6.10 Å². The van der Waals surface area contributed by atoms with Crippen LogP contribution < -0.4 is 0 Å². The average Bonchev–Trinajstić information content (AvgIpc) is 2.65. The Morgan fingerprint density at radius 3 is 2.86 bits per heavy atom. The normalized spacial score (nSPS) is 21.4. The maximum atomic E-state index is 11.2. The molecule has 1 fully saturated rings. The standard InChI is InChI=1S/C12H22O2/c1-2-6-11(13)7-3-4-8-12-9-5-10-14-12/h12H,2-10H2,1H3. The molecule has 0 spiro atoms. The van der Waals surface area contributed by atoms with Gasteiger partial charge in [0.25, 0.3) is 0 Å². The fraction of sp³-hybridized carbons (Fsp3) is 0.917. The first-order valence-electron chi connectivity index (χ1n) is 5.96. The zero-order valence-corrected chi connectivity index (χ0v) is 9.26. The number of carbonyl (C=O) groups excluding carboxylic acids is 1. The van der Waals surface area contributed by atoms with Gasteiger partial charge in [-0.2, -0.15) is 0 Å². The second-order valence-corrected chi connectivity index (χ2v) is 4.17. The van der Waals surface area contributed by atoms with Gasteiger partial charge in [-0.05, 0) is 32.1 Å². The van der Waals surface area contributed by atoms with Crippen molar-refractivity contribution in [3.05, 3.63) is 0 Å². The van der Waals surface area contributed by atoms with Gasteiger partial charge in [-0.1, -0.05) is 13.3 Å². The second-order valence-electron chi connectivity index (χ2n) is 4.17. The summed E-state index contributed by atoms with van der Waals surface area (Å²) >= 11 is 0. The van der Waals surface area contributed by atoms with Crippen LogP contribution in [0.2, 0.25) is 0 Å². The van der Waals surface area contributed by atoms with Crippen LogP contribution in [0, 0.1) is 0 Å². The molecule has 1 atom stereocenters. The quantitative estimate of drug-likeness (QED) is 0.588. The molecule has 1 unspecified atom stereocenters. The third-order valence-corrected chi connectivity index (χ3v) is 2.78. The highest BCUT2D eigenvalue weighted by Crippen LogP contribution is 2.18. The molecular formula is C12H22O2. The van der Waals surface area contributed by atoms with Crippen molar-refractivity contribution in [3.8, 4) is 0 Å². The number of hydrogen-bond donors (Lipinski definition) is 0. The molecule has 1 saturated heterocycles. The minimum atomic E-state index is 0.430. The SMILES string of the molecule is CCCC(=O)CCCCC1CCCO1. The summed E-state index contributed by atoms with van der Waals surface area (Å²) in [7, 11) is 0. The van der Waals surface area contributed by atoms with E-state index < -0.39 is 0 Å². The van der Waals surface area contributed by atoms with Crippen LogP contribution in [-0.2, 0) is 9.53 Å². The van der Waals surface area contributed by atoms with E-state index in [1.165, 1.54) is 12.8 Å². The predicted molar refractivity (Wildman–Crippen MR) is 57.4 cm³/mol. The Morgan fingerprint density at radius 1 is 1.36 bits per heavy atom. The Kier molecular flexibility index (Phi) is 5.85. The van der Waals surface area contributed by atoms with E-state index in [-0.39, 0.29) is 0 Å². The van der Waals surface area contributed by atoms with Gasteiger partial charge in [-0.25, -0.2) is 0 Å². The van der Waals surface area contributed by atoms with Crippen molar-refractivity contribution in [1.29, 1.82) is 0 Å². The summed E-state index contributed by atoms with van der Waals surface area (Å²) in [5, 5.41) is 0. The van der Waals surface area contributed by atoms with E-state index in [0.717, 1.165) is 45.1 Å². The highest BCUT2D eigenvalue weighted by atomic mass is 16.5. The topological polar surface area (TPSA) is 26.3 Å². The average molecular weight is 198 g/mol. The number of hydrogen-bond acceptors (Lipinski definition) is 2. The molecular weight excluding hydrogens is 176 g/mol. The predicted octanol–water partition coefficient (Wildman–Crippen LogP) is 3.10. The van der Waals surface area contributed by atoms with E-state index in [4.69, 9.17) is 4.74 Å². The Labute approximate surface area is 87.0 Å². The van der Waals surface area contributed by atoms with E-state index in [9.17, 15) is 4.79 Å². The lowest BCUT2D eigenvalue weighted by molar-refractivity contribution is -0.119. The van der Waals surface area contributed by atoms with Crippen molar-refractivity contribution < 1.29 is 9.53 Å². The monoisotopic (exact) mass is 198 g/mol. The van der Waals surface area contributed by atoms with Crippen LogP contribution >= 0.6 is 0 Å². The summed E-state index contributed by atoms with van der Waals surface area (Å²) in [6.45, 7) is 3.00. The summed E-state index contributed by atoms with van der Waals surface area (Å²) in [6, 6.07) is 0. The van der Waals surface area contributed by atoms with Gasteiger partial charge >= 0.3 is 0 Å². The van der Waals surface area contributed by atoms with Crippen molar-refractivity contribution in [2.45, 2.75) is 64.4 Å². The molecule has 1 aliphatic heterocycles. The Hall–Kier alpha value is -0.370. The molecule has 14 heavy (non-hydrogen) atoms. The van der Waals surface area contributed by atoms with Crippen molar-refractivity contribution in [2.24, 2.45) is 0 Å². The third kappa shape index (κ3) is 4.75. The van der Waals surface area contributed by atoms with E-state index >= 15 is 0 Å². The first-order chi connectivity index (χ1) is 6.83. The smallest absolute Gasteiger partial charge is 0.132 e. The lowest BCUT2D eigenvalue weighted by Crippen LogP contribution is -2.04. The molecule has 0 N–H and O–H groups in total. The molecule has 0 bridgehead atoms. The van der Waals surface area contributed by atoms with Crippen LogP contribution in [0.3, 0.4) is 0 Å². The van der Waals surface area contributed by atoms with E-state index in [1.54, 1.807) is 0 Å². The van der Waals surface area contributed by atoms with Gasteiger partial charge in [0.1, 0.15) is 5.78 Å². The molecule has 0 amide bonds. The number of carbonyl (C=O) groups is 1. The van der Waals surface area contributed by atoms with E-state index in [1.807, 2.05) is 0 Å². The maximum absolute atomic E-state index is 11.2. The highest BCUT2D eigenvalue weighted by Gasteiger charge is 2.14. The first-order valence-corrected chi connectivity index (χ1v) is 5.96. The van der Waals surface area contributed by atoms with Crippen LogP contribution in [0.25, 0.3) is 0 Å². The second kappa shape index (κ2) is 6.99. The number of Topliss-reactive ketones (excluding diaryl/α,β-unsaturated/α-hetero) is 1. The van der Waals surface area contributed by atoms with Gasteiger partial charge in [0, 0.05) is 19.4 Å². The van der Waals surface area contributed by atoms with Gasteiger partial charge in [0.2, 0.25) is 0 Å². The van der Waals surface area contributed by atoms with Crippen molar-refractivity contribution in [3.63, 3.8) is 0 Å². The minimum absolute atomic E-state index is 0.430. The van der Waals surface area contributed by atoms with E-state index in [0.29, 0.717) is 11.9 Å². The third-order valence-electron chi connectivity index (χ3n) is 2.78. The largest absolute Gasteiger partial charge is 0.378 e. The molecule has 0 aromatic rings. The lowest BCUT2D eigenvalue weighted by Gasteiger charge is -2.07. The Morgan fingerprint density at radius 2 is 2.21 bits per heavy atom. The molecule has 1 aliphatic rings. The zero-order chi connectivity index (χ0) is 10.2. The van der Waals surface area contributed by atoms with Crippen LogP contribution in [0.4, 0.5) is 0 Å². The fourth-order valence-corrected chi connectivity index (χ4v) is 1.97. The summed E-state index contributed by atoms with van der Waals surface area (Å²) in [6.07, 6.45) is 8.84. The number of rotatable bonds is 7. The van der Waals surface area contributed by atoms with Crippen molar-refractivity contribution in [2.75, 3.05) is 6.61 Å². The summed E-state index contributed by atoms with van der Waals surface area (Å²) < 4.78 is 5.52. The summed E-state index contributed by atoms with van der Waals surface area (Å²) in [4.78, 5) is 11.2. The van der Waals surface area contributed by atoms with Gasteiger partial charge in [0.15, 0.2) is 0 Å². The van der Waals surface area contributed by atoms with Crippen LogP contribution in [0.15, 0.2) is 0 Å². The fourth-order valence-electron chi connectivity index (χ4n) is 1.97. The molecule has 0 saturated carbocycles. The van der Waals surface area contributed by atoms with Gasteiger partial charge < -0.3 is 4.74 Å². The molecule has 1 rings (SSSR count). The number of ketones is 1. The first kappa shape index (κ1) is 11.7. The Balaban J connectivity index is 1.90. The van der Waals surface area contributed by atoms with Crippen LogP contribution in [0.5, 0.6) is 0 Å². The number of ether oxygens (including phenoxy) is 1. The molecule has 0 aromatic heterocycles. The van der Waals surface area contributed by atoms with Crippen LogP contribution in [0.1, 0.15) is 58.3 Å². The maximum Gasteiger partial charge on any atom is 0.132 e. The molecule has 0 radical (unpaired) electrons. The number of unbranched alkanes of at least 4 members (excludes halogenated alkanes) is 1. The minimum Gasteiger partial charge on any atom is -0.378 e. The van der Waals surface area contributed by atoms with E-state index in [2.05, 4.69) is 6.92 Å². The van der Waals surface area contributed by atoms with Gasteiger partial charge in [-0.15, -0.1) is 0 Å².